The van der Waals surface area contributed by atoms with Crippen LogP contribution in [0.3, 0.4) is 0 Å². The van der Waals surface area contributed by atoms with E-state index in [0.29, 0.717) is 0 Å². The molecule has 0 aliphatic heterocycles. The van der Waals surface area contributed by atoms with Crippen molar-refractivity contribution in [1.29, 1.82) is 0 Å². The monoisotopic (exact) mass is 530 g/mol. The van der Waals surface area contributed by atoms with E-state index >= 15 is 0 Å². The number of para-hydroxylation sites is 2. The predicted molar refractivity (Wildman–Crippen MR) is 144 cm³/mol. The first kappa shape index (κ1) is 33.7. The Kier molecular flexibility index (Phi) is 23.4. The SMILES string of the molecule is CCCCCCCCCCc1ccccc1[O-].CCCCCCCCCCc1ccccc1[O-].[Zn+2]. The van der Waals surface area contributed by atoms with Crippen LogP contribution >= 0.6 is 0 Å². The van der Waals surface area contributed by atoms with Crippen molar-refractivity contribution in [2.24, 2.45) is 0 Å². The van der Waals surface area contributed by atoms with Crippen LogP contribution in [0.5, 0.6) is 11.5 Å². The molecule has 0 aromatic heterocycles. The fourth-order valence-electron chi connectivity index (χ4n) is 4.32. The van der Waals surface area contributed by atoms with Crippen LogP contribution in [0.4, 0.5) is 0 Å². The molecule has 2 aromatic carbocycles. The van der Waals surface area contributed by atoms with Gasteiger partial charge in [-0.1, -0.05) is 163 Å². The summed E-state index contributed by atoms with van der Waals surface area (Å²) in [5.41, 5.74) is 1.97. The van der Waals surface area contributed by atoms with Crippen molar-refractivity contribution in [2.75, 3.05) is 0 Å². The zero-order chi connectivity index (χ0) is 24.7. The van der Waals surface area contributed by atoms with E-state index in [0.717, 1.165) is 36.8 Å². The molecular formula is C32H50O2Zn. The zero-order valence-corrected chi connectivity index (χ0v) is 25.8. The summed E-state index contributed by atoms with van der Waals surface area (Å²) in [6.45, 7) is 4.50. The second kappa shape index (κ2) is 24.4. The second-order valence-electron chi connectivity index (χ2n) is 9.67. The summed E-state index contributed by atoms with van der Waals surface area (Å²) >= 11 is 0. The molecule has 35 heavy (non-hydrogen) atoms. The van der Waals surface area contributed by atoms with Crippen molar-refractivity contribution < 1.29 is 29.7 Å². The number of aryl methyl sites for hydroxylation is 2. The number of hydrogen-bond acceptors (Lipinski definition) is 2. The molecule has 2 nitrogen and oxygen atoms in total. The van der Waals surface area contributed by atoms with Gasteiger partial charge in [0.05, 0.1) is 0 Å². The Bertz CT molecular complexity index is 655. The normalized spacial score (nSPS) is 10.3. The van der Waals surface area contributed by atoms with Gasteiger partial charge in [-0.2, -0.15) is 0 Å². The maximum absolute atomic E-state index is 11.5. The summed E-state index contributed by atoms with van der Waals surface area (Å²) in [5.74, 6) is 0.408. The molecular weight excluding hydrogens is 482 g/mol. The van der Waals surface area contributed by atoms with Gasteiger partial charge in [0.15, 0.2) is 0 Å². The Morgan fingerprint density at radius 2 is 0.714 bits per heavy atom. The van der Waals surface area contributed by atoms with Gasteiger partial charge >= 0.3 is 19.5 Å². The van der Waals surface area contributed by atoms with Crippen LogP contribution in [0.1, 0.15) is 128 Å². The largest absolute Gasteiger partial charge is 2.00 e. The second-order valence-corrected chi connectivity index (χ2v) is 9.67. The maximum atomic E-state index is 11.5. The molecule has 0 aliphatic rings. The van der Waals surface area contributed by atoms with Crippen molar-refractivity contribution in [3.05, 3.63) is 59.7 Å². The minimum absolute atomic E-state index is 0. The quantitative estimate of drug-likeness (QED) is 0.142. The van der Waals surface area contributed by atoms with Gasteiger partial charge in [-0.05, 0) is 25.7 Å². The van der Waals surface area contributed by atoms with Crippen molar-refractivity contribution in [2.45, 2.75) is 129 Å². The van der Waals surface area contributed by atoms with Crippen LogP contribution in [0.2, 0.25) is 0 Å². The maximum Gasteiger partial charge on any atom is 2.00 e. The van der Waals surface area contributed by atoms with E-state index < -0.39 is 0 Å². The van der Waals surface area contributed by atoms with Crippen molar-refractivity contribution in [1.82, 2.24) is 0 Å². The Labute approximate surface area is 229 Å². The van der Waals surface area contributed by atoms with Crippen LogP contribution in [0, 0.1) is 0 Å². The molecule has 2 aromatic rings. The summed E-state index contributed by atoms with van der Waals surface area (Å²) in [5, 5.41) is 22.9. The number of benzene rings is 2. The number of hydrogen-bond donors (Lipinski definition) is 0. The summed E-state index contributed by atoms with van der Waals surface area (Å²) in [6, 6.07) is 14.8. The van der Waals surface area contributed by atoms with E-state index in [2.05, 4.69) is 13.8 Å². The molecule has 0 saturated heterocycles. The minimum Gasteiger partial charge on any atom is -0.872 e. The van der Waals surface area contributed by atoms with Crippen LogP contribution in [-0.2, 0) is 32.3 Å². The molecule has 0 aliphatic carbocycles. The smallest absolute Gasteiger partial charge is 0.872 e. The molecule has 192 valence electrons. The van der Waals surface area contributed by atoms with Crippen molar-refractivity contribution in [3.8, 4) is 11.5 Å². The van der Waals surface area contributed by atoms with Gasteiger partial charge in [0.25, 0.3) is 0 Å². The van der Waals surface area contributed by atoms with Crippen LogP contribution in [-0.4, -0.2) is 0 Å². The molecule has 0 atom stereocenters. The molecule has 0 spiro atoms. The summed E-state index contributed by atoms with van der Waals surface area (Å²) in [4.78, 5) is 0. The first-order chi connectivity index (χ1) is 16.7. The van der Waals surface area contributed by atoms with Gasteiger partial charge in [-0.3, -0.25) is 0 Å². The van der Waals surface area contributed by atoms with Gasteiger partial charge in [0.2, 0.25) is 0 Å². The van der Waals surface area contributed by atoms with Crippen LogP contribution in [0.25, 0.3) is 0 Å². The predicted octanol–water partition coefficient (Wildman–Crippen LogP) is 8.88. The first-order valence-corrected chi connectivity index (χ1v) is 14.2. The molecule has 2 rings (SSSR count). The molecule has 0 radical (unpaired) electrons. The minimum atomic E-state index is 0. The average molecular weight is 532 g/mol. The van der Waals surface area contributed by atoms with Crippen LogP contribution < -0.4 is 10.2 Å². The van der Waals surface area contributed by atoms with Crippen molar-refractivity contribution in [3.63, 3.8) is 0 Å². The molecule has 0 amide bonds. The van der Waals surface area contributed by atoms with E-state index in [1.165, 1.54) is 89.9 Å². The number of unbranched alkanes of at least 4 members (excludes halogenated alkanes) is 14. The molecule has 0 saturated carbocycles. The number of rotatable bonds is 18. The van der Waals surface area contributed by atoms with Crippen molar-refractivity contribution >= 4 is 0 Å². The summed E-state index contributed by atoms with van der Waals surface area (Å²) in [6.07, 6.45) is 23.1. The Morgan fingerprint density at radius 3 is 1.03 bits per heavy atom. The van der Waals surface area contributed by atoms with Gasteiger partial charge in [0.1, 0.15) is 0 Å². The van der Waals surface area contributed by atoms with E-state index in [-0.39, 0.29) is 31.0 Å². The molecule has 3 heteroatoms. The Hall–Kier alpha value is -1.34. The molecule has 0 fully saturated rings. The van der Waals surface area contributed by atoms with Gasteiger partial charge in [-0.15, -0.1) is 11.5 Å². The third-order valence-corrected chi connectivity index (χ3v) is 6.54. The first-order valence-electron chi connectivity index (χ1n) is 14.2. The Balaban J connectivity index is 0.000000642. The summed E-state index contributed by atoms with van der Waals surface area (Å²) < 4.78 is 0. The van der Waals surface area contributed by atoms with E-state index in [9.17, 15) is 10.2 Å². The molecule has 0 unspecified atom stereocenters. The van der Waals surface area contributed by atoms with E-state index in [1.54, 1.807) is 12.1 Å². The third kappa shape index (κ3) is 18.6. The van der Waals surface area contributed by atoms with E-state index in [1.807, 2.05) is 36.4 Å². The molecule has 0 heterocycles. The average Bonchev–Trinajstić information content (AvgIpc) is 2.85. The van der Waals surface area contributed by atoms with E-state index in [4.69, 9.17) is 0 Å². The van der Waals surface area contributed by atoms with Gasteiger partial charge in [0, 0.05) is 0 Å². The summed E-state index contributed by atoms with van der Waals surface area (Å²) in [7, 11) is 0. The third-order valence-electron chi connectivity index (χ3n) is 6.54. The topological polar surface area (TPSA) is 46.1 Å². The fourth-order valence-corrected chi connectivity index (χ4v) is 4.32. The Morgan fingerprint density at radius 1 is 0.429 bits per heavy atom. The van der Waals surface area contributed by atoms with Gasteiger partial charge in [-0.25, -0.2) is 0 Å². The zero-order valence-electron chi connectivity index (χ0n) is 22.9. The van der Waals surface area contributed by atoms with Crippen LogP contribution in [0.15, 0.2) is 48.5 Å². The molecule has 0 bridgehead atoms. The molecule has 0 N–H and O–H groups in total. The fraction of sp³-hybridized carbons (Fsp3) is 0.625. The standard InChI is InChI=1S/2C16H26O.Zn/c2*1-2-3-4-5-6-7-8-9-12-15-13-10-11-14-16(15)17;/h2*10-11,13-14,17H,2-9,12H2,1H3;/q;;+2/p-2. The van der Waals surface area contributed by atoms with Gasteiger partial charge < -0.3 is 10.2 Å².